The summed E-state index contributed by atoms with van der Waals surface area (Å²) < 4.78 is 5.54. The number of aryl methyl sites for hydroxylation is 1. The van der Waals surface area contributed by atoms with Crippen LogP contribution in [-0.2, 0) is 11.2 Å². The predicted molar refractivity (Wildman–Crippen MR) is 107 cm³/mol. The van der Waals surface area contributed by atoms with E-state index in [0.717, 1.165) is 28.6 Å². The Kier molecular flexibility index (Phi) is 3.97. The van der Waals surface area contributed by atoms with Gasteiger partial charge in [-0.15, -0.1) is 0 Å². The lowest BCUT2D eigenvalue weighted by molar-refractivity contribution is -0.117. The molecule has 28 heavy (non-hydrogen) atoms. The molecule has 1 saturated heterocycles. The van der Waals surface area contributed by atoms with Gasteiger partial charge in [-0.25, -0.2) is 0 Å². The number of nitrogens with zero attached hydrogens (tertiary/aromatic N) is 3. The molecule has 1 unspecified atom stereocenters. The summed E-state index contributed by atoms with van der Waals surface area (Å²) in [5, 5.41) is 5.22. The van der Waals surface area contributed by atoms with Crippen LogP contribution in [0.5, 0.6) is 0 Å². The first kappa shape index (κ1) is 16.7. The number of H-pyrrole nitrogens is 1. The summed E-state index contributed by atoms with van der Waals surface area (Å²) in [5.74, 6) is 1.09. The zero-order valence-corrected chi connectivity index (χ0v) is 15.6. The molecule has 140 valence electrons. The van der Waals surface area contributed by atoms with Crippen molar-refractivity contribution in [2.45, 2.75) is 25.7 Å². The normalized spacial score (nSPS) is 17.0. The Morgan fingerprint density at radius 2 is 2.04 bits per heavy atom. The fourth-order valence-electron chi connectivity index (χ4n) is 3.82. The van der Waals surface area contributed by atoms with Crippen molar-refractivity contribution in [2.24, 2.45) is 0 Å². The average Bonchev–Trinajstić information content (AvgIpc) is 3.47. The molecule has 1 amide bonds. The fraction of sp³-hybridized carbons (Fsp3) is 0.227. The largest absolute Gasteiger partial charge is 0.361 e. The van der Waals surface area contributed by atoms with E-state index in [4.69, 9.17) is 4.52 Å². The molecule has 0 spiro atoms. The van der Waals surface area contributed by atoms with E-state index in [1.54, 1.807) is 0 Å². The van der Waals surface area contributed by atoms with Crippen molar-refractivity contribution in [1.82, 2.24) is 15.1 Å². The Labute approximate surface area is 162 Å². The second kappa shape index (κ2) is 6.64. The molecule has 2 aromatic heterocycles. The van der Waals surface area contributed by atoms with Gasteiger partial charge in [-0.1, -0.05) is 30.3 Å². The van der Waals surface area contributed by atoms with E-state index < -0.39 is 0 Å². The first-order valence-corrected chi connectivity index (χ1v) is 9.52. The maximum atomic E-state index is 12.6. The molecule has 1 aliphatic rings. The molecule has 1 fully saturated rings. The van der Waals surface area contributed by atoms with Gasteiger partial charge in [0.1, 0.15) is 0 Å². The van der Waals surface area contributed by atoms with Crippen LogP contribution in [0.15, 0.2) is 59.3 Å². The monoisotopic (exact) mass is 372 g/mol. The molecule has 1 N–H and O–H groups in total. The number of anilines is 1. The number of fused-ring (bicyclic) bond motifs is 1. The molecule has 3 heterocycles. The van der Waals surface area contributed by atoms with Crippen molar-refractivity contribution in [3.8, 4) is 11.5 Å². The van der Waals surface area contributed by atoms with Gasteiger partial charge in [0.2, 0.25) is 5.91 Å². The van der Waals surface area contributed by atoms with Crippen molar-refractivity contribution in [2.75, 3.05) is 11.4 Å². The second-order valence-electron chi connectivity index (χ2n) is 7.13. The Morgan fingerprint density at radius 3 is 2.86 bits per heavy atom. The van der Waals surface area contributed by atoms with Crippen molar-refractivity contribution < 1.29 is 9.32 Å². The summed E-state index contributed by atoms with van der Waals surface area (Å²) in [5.41, 5.74) is 4.10. The van der Waals surface area contributed by atoms with E-state index in [2.05, 4.69) is 34.2 Å². The van der Waals surface area contributed by atoms with Gasteiger partial charge in [-0.3, -0.25) is 4.79 Å². The third-order valence-corrected chi connectivity index (χ3v) is 5.41. The van der Waals surface area contributed by atoms with Gasteiger partial charge < -0.3 is 14.4 Å². The summed E-state index contributed by atoms with van der Waals surface area (Å²) >= 11 is 0. The van der Waals surface area contributed by atoms with Crippen LogP contribution in [0.2, 0.25) is 0 Å². The van der Waals surface area contributed by atoms with Crippen LogP contribution in [0.4, 0.5) is 5.69 Å². The van der Waals surface area contributed by atoms with E-state index in [1.807, 2.05) is 47.5 Å². The Bertz CT molecular complexity index is 1140. The number of amides is 1. The topological polar surface area (TPSA) is 75.0 Å². The number of aromatic amines is 1. The second-order valence-corrected chi connectivity index (χ2v) is 7.13. The molecule has 1 atom stereocenters. The van der Waals surface area contributed by atoms with Gasteiger partial charge in [-0.2, -0.15) is 4.98 Å². The molecule has 2 aromatic carbocycles. The molecular weight excluding hydrogens is 352 g/mol. The van der Waals surface area contributed by atoms with Crippen LogP contribution in [0.3, 0.4) is 0 Å². The minimum atomic E-state index is -0.0683. The molecule has 1 aliphatic heterocycles. The number of carbonyl (C=O) groups is 1. The van der Waals surface area contributed by atoms with Gasteiger partial charge in [0.25, 0.3) is 5.89 Å². The molecular formula is C22H20N4O2. The smallest absolute Gasteiger partial charge is 0.258 e. The number of hydrogen-bond acceptors (Lipinski definition) is 4. The number of aromatic nitrogens is 3. The van der Waals surface area contributed by atoms with E-state index in [9.17, 15) is 4.79 Å². The molecule has 0 radical (unpaired) electrons. The molecule has 0 aliphatic carbocycles. The molecule has 0 saturated carbocycles. The highest BCUT2D eigenvalue weighted by Gasteiger charge is 2.34. The van der Waals surface area contributed by atoms with Crippen molar-refractivity contribution >= 4 is 22.5 Å². The molecule has 6 nitrogen and oxygen atoms in total. The van der Waals surface area contributed by atoms with Gasteiger partial charge in [0.15, 0.2) is 5.82 Å². The van der Waals surface area contributed by atoms with Crippen LogP contribution in [0.1, 0.15) is 30.7 Å². The zero-order valence-electron chi connectivity index (χ0n) is 15.6. The highest BCUT2D eigenvalue weighted by Crippen LogP contribution is 2.33. The standard InChI is InChI=1S/C22H20N4O2/c1-2-14-6-8-16(9-7-14)26-13-15(12-20(26)27)21-24-22(28-25-21)18-4-3-5-19-17(18)10-11-23-19/h3-11,15,23H,2,12-13H2,1H3. The highest BCUT2D eigenvalue weighted by atomic mass is 16.5. The van der Waals surface area contributed by atoms with E-state index in [-0.39, 0.29) is 11.8 Å². The van der Waals surface area contributed by atoms with Crippen LogP contribution in [0.25, 0.3) is 22.4 Å². The minimum Gasteiger partial charge on any atom is -0.361 e. The van der Waals surface area contributed by atoms with Crippen molar-refractivity contribution in [1.29, 1.82) is 0 Å². The van der Waals surface area contributed by atoms with Crippen LogP contribution in [0, 0.1) is 0 Å². The number of carbonyl (C=O) groups excluding carboxylic acids is 1. The average molecular weight is 372 g/mol. The summed E-state index contributed by atoms with van der Waals surface area (Å²) in [6.07, 6.45) is 3.27. The third kappa shape index (κ3) is 2.78. The van der Waals surface area contributed by atoms with E-state index in [0.29, 0.717) is 24.7 Å². The third-order valence-electron chi connectivity index (χ3n) is 5.41. The summed E-state index contributed by atoms with van der Waals surface area (Å²) in [7, 11) is 0. The quantitative estimate of drug-likeness (QED) is 0.579. The van der Waals surface area contributed by atoms with Crippen molar-refractivity contribution in [3.63, 3.8) is 0 Å². The lowest BCUT2D eigenvalue weighted by atomic mass is 10.1. The molecule has 4 aromatic rings. The van der Waals surface area contributed by atoms with Crippen molar-refractivity contribution in [3.05, 3.63) is 66.1 Å². The van der Waals surface area contributed by atoms with Gasteiger partial charge in [0.05, 0.1) is 0 Å². The van der Waals surface area contributed by atoms with Gasteiger partial charge in [0, 0.05) is 47.2 Å². The summed E-state index contributed by atoms with van der Waals surface area (Å²) in [6, 6.07) is 16.1. The molecule has 0 bridgehead atoms. The summed E-state index contributed by atoms with van der Waals surface area (Å²) in [6.45, 7) is 2.69. The van der Waals surface area contributed by atoms with Crippen LogP contribution >= 0.6 is 0 Å². The minimum absolute atomic E-state index is 0.0683. The van der Waals surface area contributed by atoms with Crippen LogP contribution < -0.4 is 4.90 Å². The lowest BCUT2D eigenvalue weighted by Gasteiger charge is -2.16. The predicted octanol–water partition coefficient (Wildman–Crippen LogP) is 4.30. The van der Waals surface area contributed by atoms with E-state index >= 15 is 0 Å². The van der Waals surface area contributed by atoms with Gasteiger partial charge >= 0.3 is 0 Å². The number of benzene rings is 2. The first-order valence-electron chi connectivity index (χ1n) is 9.52. The molecule has 6 heteroatoms. The highest BCUT2D eigenvalue weighted by molar-refractivity contribution is 5.96. The molecule has 5 rings (SSSR count). The maximum Gasteiger partial charge on any atom is 0.258 e. The number of hydrogen-bond donors (Lipinski definition) is 1. The number of rotatable bonds is 4. The Morgan fingerprint density at radius 1 is 1.18 bits per heavy atom. The lowest BCUT2D eigenvalue weighted by Crippen LogP contribution is -2.24. The SMILES string of the molecule is CCc1ccc(N2CC(c3noc(-c4cccc5[nH]ccc45)n3)CC2=O)cc1. The fourth-order valence-corrected chi connectivity index (χ4v) is 3.82. The zero-order chi connectivity index (χ0) is 19.1. The Hall–Kier alpha value is -3.41. The number of nitrogens with one attached hydrogen (secondary N) is 1. The van der Waals surface area contributed by atoms with E-state index in [1.165, 1.54) is 5.56 Å². The Balaban J connectivity index is 1.40. The summed E-state index contributed by atoms with van der Waals surface area (Å²) in [4.78, 5) is 22.2. The first-order chi connectivity index (χ1) is 13.7. The van der Waals surface area contributed by atoms with Gasteiger partial charge in [-0.05, 0) is 42.3 Å². The maximum absolute atomic E-state index is 12.6. The van der Waals surface area contributed by atoms with Crippen LogP contribution in [-0.4, -0.2) is 27.6 Å².